The third-order valence-corrected chi connectivity index (χ3v) is 3.26. The lowest BCUT2D eigenvalue weighted by Gasteiger charge is -2.16. The van der Waals surface area contributed by atoms with Crippen molar-refractivity contribution in [2.45, 2.75) is 58.9 Å². The summed E-state index contributed by atoms with van der Waals surface area (Å²) >= 11 is 0. The minimum absolute atomic E-state index is 0.685. The molecular weight excluding hydrogens is 210 g/mol. The molecule has 1 N–H and O–H groups in total. The molecule has 3 heteroatoms. The van der Waals surface area contributed by atoms with Gasteiger partial charge < -0.3 is 5.32 Å². The largest absolute Gasteiger partial charge is 0.314 e. The number of aromatic nitrogens is 2. The minimum atomic E-state index is 0.685. The van der Waals surface area contributed by atoms with Crippen molar-refractivity contribution in [3.63, 3.8) is 0 Å². The highest BCUT2D eigenvalue weighted by Gasteiger charge is 2.06. The third-order valence-electron chi connectivity index (χ3n) is 3.26. The van der Waals surface area contributed by atoms with E-state index in [-0.39, 0.29) is 0 Å². The van der Waals surface area contributed by atoms with Crippen LogP contribution in [-0.2, 0) is 13.5 Å². The molecule has 0 saturated heterocycles. The summed E-state index contributed by atoms with van der Waals surface area (Å²) in [5.74, 6) is 0. The summed E-state index contributed by atoms with van der Waals surface area (Å²) in [5.41, 5.74) is 2.48. The first-order valence-electron chi connectivity index (χ1n) is 6.90. The van der Waals surface area contributed by atoms with E-state index in [9.17, 15) is 0 Å². The van der Waals surface area contributed by atoms with Gasteiger partial charge in [0, 0.05) is 18.8 Å². The molecule has 1 atom stereocenters. The van der Waals surface area contributed by atoms with Crippen LogP contribution in [0, 0.1) is 6.92 Å². The molecule has 0 spiro atoms. The van der Waals surface area contributed by atoms with Crippen LogP contribution in [0.25, 0.3) is 0 Å². The van der Waals surface area contributed by atoms with Crippen LogP contribution in [0.2, 0.25) is 0 Å². The summed E-state index contributed by atoms with van der Waals surface area (Å²) in [6, 6.07) is 2.88. The van der Waals surface area contributed by atoms with Crippen molar-refractivity contribution >= 4 is 0 Å². The van der Waals surface area contributed by atoms with Gasteiger partial charge in [0.15, 0.2) is 0 Å². The third kappa shape index (κ3) is 4.90. The molecule has 0 aromatic carbocycles. The van der Waals surface area contributed by atoms with E-state index in [1.807, 2.05) is 11.7 Å². The summed E-state index contributed by atoms with van der Waals surface area (Å²) in [4.78, 5) is 0. The fourth-order valence-electron chi connectivity index (χ4n) is 2.23. The highest BCUT2D eigenvalue weighted by atomic mass is 15.3. The Morgan fingerprint density at radius 2 is 2.18 bits per heavy atom. The van der Waals surface area contributed by atoms with Crippen molar-refractivity contribution in [1.29, 1.82) is 0 Å². The fraction of sp³-hybridized carbons (Fsp3) is 0.786. The first-order chi connectivity index (χ1) is 8.17. The summed E-state index contributed by atoms with van der Waals surface area (Å²) in [6.07, 6.45) is 6.10. The van der Waals surface area contributed by atoms with E-state index in [0.717, 1.165) is 18.7 Å². The Bertz CT molecular complexity index is 317. The van der Waals surface area contributed by atoms with Crippen molar-refractivity contribution in [3.05, 3.63) is 17.5 Å². The molecule has 0 bridgehead atoms. The lowest BCUT2D eigenvalue weighted by molar-refractivity contribution is 0.453. The lowest BCUT2D eigenvalue weighted by atomic mass is 10.1. The molecule has 0 radical (unpaired) electrons. The van der Waals surface area contributed by atoms with Gasteiger partial charge in [0.25, 0.3) is 0 Å². The van der Waals surface area contributed by atoms with Crippen molar-refractivity contribution < 1.29 is 0 Å². The van der Waals surface area contributed by atoms with Gasteiger partial charge in [-0.2, -0.15) is 5.10 Å². The van der Waals surface area contributed by atoms with Crippen LogP contribution >= 0.6 is 0 Å². The van der Waals surface area contributed by atoms with E-state index in [1.54, 1.807) is 0 Å². The second-order valence-electron chi connectivity index (χ2n) is 4.85. The van der Waals surface area contributed by atoms with E-state index in [1.165, 1.54) is 31.4 Å². The maximum Gasteiger partial charge on any atom is 0.0596 e. The van der Waals surface area contributed by atoms with E-state index >= 15 is 0 Å². The number of hydrogen-bond donors (Lipinski definition) is 1. The number of nitrogens with one attached hydrogen (secondary N) is 1. The van der Waals surface area contributed by atoms with E-state index in [0.29, 0.717) is 6.04 Å². The first kappa shape index (κ1) is 14.2. The highest BCUT2D eigenvalue weighted by Crippen LogP contribution is 2.09. The topological polar surface area (TPSA) is 29.9 Å². The molecule has 0 aliphatic heterocycles. The SMILES string of the molecule is CCCNC(CC)CCCc1cc(C)nn1C. The van der Waals surface area contributed by atoms with Crippen molar-refractivity contribution in [3.8, 4) is 0 Å². The molecule has 17 heavy (non-hydrogen) atoms. The van der Waals surface area contributed by atoms with Gasteiger partial charge in [0.2, 0.25) is 0 Å². The van der Waals surface area contributed by atoms with Gasteiger partial charge in [-0.1, -0.05) is 13.8 Å². The Morgan fingerprint density at radius 3 is 2.71 bits per heavy atom. The van der Waals surface area contributed by atoms with Gasteiger partial charge in [0.05, 0.1) is 5.69 Å². The van der Waals surface area contributed by atoms with Gasteiger partial charge in [-0.3, -0.25) is 4.68 Å². The molecule has 1 heterocycles. The van der Waals surface area contributed by atoms with Crippen molar-refractivity contribution in [2.75, 3.05) is 6.54 Å². The zero-order valence-electron chi connectivity index (χ0n) is 11.8. The normalized spacial score (nSPS) is 12.9. The van der Waals surface area contributed by atoms with Crippen molar-refractivity contribution in [2.24, 2.45) is 7.05 Å². The Labute approximate surface area is 106 Å². The van der Waals surface area contributed by atoms with E-state index in [2.05, 4.69) is 37.3 Å². The molecule has 0 amide bonds. The molecule has 1 aromatic rings. The van der Waals surface area contributed by atoms with Gasteiger partial charge in [-0.05, 0) is 51.6 Å². The second kappa shape index (κ2) is 7.49. The molecule has 0 aliphatic carbocycles. The Balaban J connectivity index is 2.28. The average Bonchev–Trinajstić information content (AvgIpc) is 2.62. The Kier molecular flexibility index (Phi) is 6.27. The van der Waals surface area contributed by atoms with Crippen LogP contribution in [0.5, 0.6) is 0 Å². The number of nitrogens with zero attached hydrogens (tertiary/aromatic N) is 2. The zero-order valence-corrected chi connectivity index (χ0v) is 11.8. The predicted molar refractivity (Wildman–Crippen MR) is 73.3 cm³/mol. The maximum absolute atomic E-state index is 4.38. The molecule has 0 aliphatic rings. The van der Waals surface area contributed by atoms with Crippen LogP contribution in [-0.4, -0.2) is 22.4 Å². The molecule has 98 valence electrons. The van der Waals surface area contributed by atoms with Crippen LogP contribution < -0.4 is 5.32 Å². The van der Waals surface area contributed by atoms with Gasteiger partial charge >= 0.3 is 0 Å². The monoisotopic (exact) mass is 237 g/mol. The molecule has 1 unspecified atom stereocenters. The quantitative estimate of drug-likeness (QED) is 0.753. The van der Waals surface area contributed by atoms with Crippen LogP contribution in [0.15, 0.2) is 6.07 Å². The number of aryl methyl sites for hydroxylation is 3. The Morgan fingerprint density at radius 1 is 1.41 bits per heavy atom. The zero-order chi connectivity index (χ0) is 12.7. The molecular formula is C14H27N3. The summed E-state index contributed by atoms with van der Waals surface area (Å²) < 4.78 is 2.01. The summed E-state index contributed by atoms with van der Waals surface area (Å²) in [6.45, 7) is 7.68. The summed E-state index contributed by atoms with van der Waals surface area (Å²) in [7, 11) is 2.04. The van der Waals surface area contributed by atoms with E-state index < -0.39 is 0 Å². The Hall–Kier alpha value is -0.830. The molecule has 1 rings (SSSR count). The molecule has 0 saturated carbocycles. The lowest BCUT2D eigenvalue weighted by Crippen LogP contribution is -2.29. The minimum Gasteiger partial charge on any atom is -0.314 e. The van der Waals surface area contributed by atoms with Crippen LogP contribution in [0.1, 0.15) is 50.9 Å². The standard InChI is InChI=1S/C14H27N3/c1-5-10-15-13(6-2)8-7-9-14-11-12(3)16-17(14)4/h11,13,15H,5-10H2,1-4H3. The molecule has 3 nitrogen and oxygen atoms in total. The van der Waals surface area contributed by atoms with Gasteiger partial charge in [-0.25, -0.2) is 0 Å². The average molecular weight is 237 g/mol. The van der Waals surface area contributed by atoms with Crippen molar-refractivity contribution in [1.82, 2.24) is 15.1 Å². The van der Waals surface area contributed by atoms with Gasteiger partial charge in [-0.15, -0.1) is 0 Å². The smallest absolute Gasteiger partial charge is 0.0596 e. The maximum atomic E-state index is 4.38. The van der Waals surface area contributed by atoms with Crippen LogP contribution in [0.3, 0.4) is 0 Å². The fourth-order valence-corrected chi connectivity index (χ4v) is 2.23. The van der Waals surface area contributed by atoms with Gasteiger partial charge in [0.1, 0.15) is 0 Å². The highest BCUT2D eigenvalue weighted by molar-refractivity contribution is 5.08. The number of hydrogen-bond acceptors (Lipinski definition) is 2. The number of rotatable bonds is 8. The first-order valence-corrected chi connectivity index (χ1v) is 6.90. The van der Waals surface area contributed by atoms with Crippen LogP contribution in [0.4, 0.5) is 0 Å². The second-order valence-corrected chi connectivity index (χ2v) is 4.85. The predicted octanol–water partition coefficient (Wildman–Crippen LogP) is 2.83. The molecule has 1 aromatic heterocycles. The molecule has 0 fully saturated rings. The summed E-state index contributed by atoms with van der Waals surface area (Å²) in [5, 5.41) is 7.98. The van der Waals surface area contributed by atoms with E-state index in [4.69, 9.17) is 0 Å².